The van der Waals surface area contributed by atoms with E-state index in [1.807, 2.05) is 29.7 Å². The highest BCUT2D eigenvalue weighted by Crippen LogP contribution is 2.20. The summed E-state index contributed by atoms with van der Waals surface area (Å²) < 4.78 is 1.86. The Hall–Kier alpha value is -1.74. The number of nitrogens with zero attached hydrogens (tertiary/aromatic N) is 1. The number of carboxylic acid groups (broad SMARTS) is 1. The summed E-state index contributed by atoms with van der Waals surface area (Å²) in [5, 5.41) is 9.71. The van der Waals surface area contributed by atoms with Crippen molar-refractivity contribution in [3.8, 4) is 5.69 Å². The molecule has 0 spiro atoms. The van der Waals surface area contributed by atoms with Gasteiger partial charge < -0.3 is 9.67 Å². The van der Waals surface area contributed by atoms with Gasteiger partial charge in [0.05, 0.1) is 5.56 Å². The van der Waals surface area contributed by atoms with Gasteiger partial charge >= 0.3 is 5.97 Å². The van der Waals surface area contributed by atoms with Gasteiger partial charge in [-0.3, -0.25) is 0 Å². The fraction of sp³-hybridized carbons (Fsp3) is 0.154. The van der Waals surface area contributed by atoms with Gasteiger partial charge in [0.25, 0.3) is 0 Å². The first-order valence-corrected chi connectivity index (χ1v) is 5.70. The zero-order chi connectivity index (χ0) is 12.4. The van der Waals surface area contributed by atoms with Crippen LogP contribution in [-0.4, -0.2) is 15.6 Å². The highest BCUT2D eigenvalue weighted by atomic mass is 35.5. The number of aromatic carboxylic acids is 1. The van der Waals surface area contributed by atoms with Crippen LogP contribution < -0.4 is 0 Å². The Kier molecular flexibility index (Phi) is 3.20. The fourth-order valence-electron chi connectivity index (χ4n) is 1.89. The molecule has 0 aliphatic carbocycles. The Labute approximate surface area is 104 Å². The quantitative estimate of drug-likeness (QED) is 0.906. The van der Waals surface area contributed by atoms with Crippen LogP contribution in [0.25, 0.3) is 5.69 Å². The first-order valence-electron chi connectivity index (χ1n) is 5.33. The van der Waals surface area contributed by atoms with E-state index >= 15 is 0 Å². The Morgan fingerprint density at radius 3 is 2.76 bits per heavy atom. The number of carbonyl (C=O) groups is 1. The summed E-state index contributed by atoms with van der Waals surface area (Å²) >= 11 is 5.93. The van der Waals surface area contributed by atoms with Crippen LogP contribution in [0.3, 0.4) is 0 Å². The molecule has 88 valence electrons. The van der Waals surface area contributed by atoms with E-state index in [-0.39, 0.29) is 0 Å². The van der Waals surface area contributed by atoms with Crippen molar-refractivity contribution < 1.29 is 9.90 Å². The van der Waals surface area contributed by atoms with Crippen LogP contribution >= 0.6 is 11.6 Å². The van der Waals surface area contributed by atoms with Gasteiger partial charge in [0.15, 0.2) is 0 Å². The largest absolute Gasteiger partial charge is 0.478 e. The molecule has 17 heavy (non-hydrogen) atoms. The first-order chi connectivity index (χ1) is 8.13. The van der Waals surface area contributed by atoms with Gasteiger partial charge in [0.2, 0.25) is 0 Å². The van der Waals surface area contributed by atoms with Crippen molar-refractivity contribution in [2.24, 2.45) is 0 Å². The van der Waals surface area contributed by atoms with Gasteiger partial charge in [-0.15, -0.1) is 0 Å². The number of rotatable bonds is 3. The van der Waals surface area contributed by atoms with Crippen molar-refractivity contribution in [2.45, 2.75) is 13.3 Å². The van der Waals surface area contributed by atoms with E-state index in [1.54, 1.807) is 18.3 Å². The molecule has 0 aliphatic rings. The lowest BCUT2D eigenvalue weighted by Crippen LogP contribution is -2.04. The van der Waals surface area contributed by atoms with E-state index in [0.717, 1.165) is 11.4 Å². The second-order valence-corrected chi connectivity index (χ2v) is 4.12. The zero-order valence-corrected chi connectivity index (χ0v) is 10.1. The molecule has 0 amide bonds. The summed E-state index contributed by atoms with van der Waals surface area (Å²) in [5.74, 6) is -0.900. The molecule has 1 heterocycles. The lowest BCUT2D eigenvalue weighted by atomic mass is 10.2. The predicted molar refractivity (Wildman–Crippen MR) is 67.1 cm³/mol. The molecular formula is C13H12ClNO2. The Bertz CT molecular complexity index is 560. The van der Waals surface area contributed by atoms with Crippen LogP contribution in [0.2, 0.25) is 5.02 Å². The molecule has 0 saturated carbocycles. The van der Waals surface area contributed by atoms with E-state index < -0.39 is 5.97 Å². The molecular weight excluding hydrogens is 238 g/mol. The van der Waals surface area contributed by atoms with E-state index in [4.69, 9.17) is 16.7 Å². The second-order valence-electron chi connectivity index (χ2n) is 3.68. The van der Waals surface area contributed by atoms with E-state index in [2.05, 4.69) is 0 Å². The fourth-order valence-corrected chi connectivity index (χ4v) is 2.07. The molecule has 0 atom stereocenters. The molecule has 1 aromatic heterocycles. The number of aromatic nitrogens is 1. The third kappa shape index (κ3) is 2.19. The molecule has 4 heteroatoms. The summed E-state index contributed by atoms with van der Waals surface area (Å²) in [6.07, 6.45) is 2.41. The predicted octanol–water partition coefficient (Wildman–Crippen LogP) is 3.39. The van der Waals surface area contributed by atoms with Gasteiger partial charge in [-0.05, 0) is 30.7 Å². The summed E-state index contributed by atoms with van der Waals surface area (Å²) in [6, 6.07) is 8.96. The monoisotopic (exact) mass is 249 g/mol. The number of carboxylic acids is 1. The van der Waals surface area contributed by atoms with E-state index in [1.165, 1.54) is 0 Å². The standard InChI is InChI=1S/C13H12ClNO2/c1-2-12-11(13(16)17)6-7-15(12)10-5-3-4-9(14)8-10/h3-8H,2H2,1H3,(H,16,17). The molecule has 0 fully saturated rings. The zero-order valence-electron chi connectivity index (χ0n) is 9.35. The minimum atomic E-state index is -0.900. The van der Waals surface area contributed by atoms with Gasteiger partial charge in [0.1, 0.15) is 0 Å². The van der Waals surface area contributed by atoms with Crippen molar-refractivity contribution in [3.63, 3.8) is 0 Å². The average molecular weight is 250 g/mol. The summed E-state index contributed by atoms with van der Waals surface area (Å²) in [5.41, 5.74) is 1.99. The molecule has 0 aliphatic heterocycles. The van der Waals surface area contributed by atoms with Crippen molar-refractivity contribution in [1.82, 2.24) is 4.57 Å². The minimum absolute atomic E-state index is 0.340. The number of hydrogen-bond donors (Lipinski definition) is 1. The molecule has 1 N–H and O–H groups in total. The van der Waals surface area contributed by atoms with Crippen LogP contribution in [0.5, 0.6) is 0 Å². The average Bonchev–Trinajstić information content (AvgIpc) is 2.72. The van der Waals surface area contributed by atoms with Gasteiger partial charge in [0, 0.05) is 22.6 Å². The molecule has 2 aromatic rings. The lowest BCUT2D eigenvalue weighted by molar-refractivity contribution is 0.0696. The van der Waals surface area contributed by atoms with Crippen LogP contribution in [0, 0.1) is 0 Å². The van der Waals surface area contributed by atoms with Gasteiger partial charge in [-0.1, -0.05) is 24.6 Å². The van der Waals surface area contributed by atoms with Crippen LogP contribution in [0.1, 0.15) is 23.0 Å². The van der Waals surface area contributed by atoms with Crippen molar-refractivity contribution in [3.05, 3.63) is 52.8 Å². The number of halogens is 1. The molecule has 3 nitrogen and oxygen atoms in total. The summed E-state index contributed by atoms with van der Waals surface area (Å²) in [4.78, 5) is 11.1. The third-order valence-electron chi connectivity index (χ3n) is 2.64. The van der Waals surface area contributed by atoms with Crippen LogP contribution in [-0.2, 0) is 6.42 Å². The SMILES string of the molecule is CCc1c(C(=O)O)ccn1-c1cccc(Cl)c1. The molecule has 2 rings (SSSR count). The van der Waals surface area contributed by atoms with Crippen LogP contribution in [0.15, 0.2) is 36.5 Å². The highest BCUT2D eigenvalue weighted by Gasteiger charge is 2.14. The molecule has 0 bridgehead atoms. The van der Waals surface area contributed by atoms with E-state index in [0.29, 0.717) is 17.0 Å². The van der Waals surface area contributed by atoms with Crippen molar-refractivity contribution >= 4 is 17.6 Å². The van der Waals surface area contributed by atoms with Gasteiger partial charge in [-0.2, -0.15) is 0 Å². The van der Waals surface area contributed by atoms with Crippen molar-refractivity contribution in [2.75, 3.05) is 0 Å². The Morgan fingerprint density at radius 2 is 2.18 bits per heavy atom. The maximum Gasteiger partial charge on any atom is 0.337 e. The summed E-state index contributed by atoms with van der Waals surface area (Å²) in [7, 11) is 0. The third-order valence-corrected chi connectivity index (χ3v) is 2.88. The van der Waals surface area contributed by atoms with Gasteiger partial charge in [-0.25, -0.2) is 4.79 Å². The number of hydrogen-bond acceptors (Lipinski definition) is 1. The molecule has 0 saturated heterocycles. The second kappa shape index (κ2) is 4.63. The first kappa shape index (κ1) is 11.7. The number of benzene rings is 1. The normalized spacial score (nSPS) is 10.5. The maximum absolute atomic E-state index is 11.1. The van der Waals surface area contributed by atoms with E-state index in [9.17, 15) is 4.79 Å². The highest BCUT2D eigenvalue weighted by molar-refractivity contribution is 6.30. The topological polar surface area (TPSA) is 42.2 Å². The van der Waals surface area contributed by atoms with Crippen molar-refractivity contribution in [1.29, 1.82) is 0 Å². The molecule has 0 radical (unpaired) electrons. The smallest absolute Gasteiger partial charge is 0.337 e. The lowest BCUT2D eigenvalue weighted by Gasteiger charge is -2.08. The molecule has 1 aromatic carbocycles. The minimum Gasteiger partial charge on any atom is -0.478 e. The Balaban J connectivity index is 2.56. The van der Waals surface area contributed by atoms with Crippen LogP contribution in [0.4, 0.5) is 0 Å². The summed E-state index contributed by atoms with van der Waals surface area (Å²) in [6.45, 7) is 1.93. The Morgan fingerprint density at radius 1 is 1.41 bits per heavy atom. The maximum atomic E-state index is 11.1. The molecule has 0 unspecified atom stereocenters.